The molecule has 0 spiro atoms. The lowest BCUT2D eigenvalue weighted by Gasteiger charge is -2.19. The van der Waals surface area contributed by atoms with E-state index >= 15 is 0 Å². The second-order valence-electron chi connectivity index (χ2n) is 7.10. The smallest absolute Gasteiger partial charge is 0.407 e. The number of allylic oxidation sites excluding steroid dienone is 3. The number of ether oxygens (including phenoxy) is 2. The van der Waals surface area contributed by atoms with E-state index in [0.717, 1.165) is 25.7 Å². The van der Waals surface area contributed by atoms with E-state index < -0.39 is 18.1 Å². The molecule has 3 N–H and O–H groups in total. The molecule has 2 aliphatic carbocycles. The van der Waals surface area contributed by atoms with Crippen molar-refractivity contribution in [2.24, 2.45) is 5.73 Å². The van der Waals surface area contributed by atoms with Gasteiger partial charge in [-0.05, 0) is 60.9 Å². The SMILES string of the molecule is COC(=O)[C@H](CCCCN)NC(=O)OCC1C2=CCCC=C2c2ccccc21. The van der Waals surface area contributed by atoms with Crippen molar-refractivity contribution in [2.75, 3.05) is 20.3 Å². The summed E-state index contributed by atoms with van der Waals surface area (Å²) in [7, 11) is 1.31. The van der Waals surface area contributed by atoms with E-state index in [4.69, 9.17) is 15.2 Å². The van der Waals surface area contributed by atoms with Gasteiger partial charge in [-0.3, -0.25) is 0 Å². The Morgan fingerprint density at radius 2 is 2.00 bits per heavy atom. The molecule has 1 amide bonds. The number of esters is 1. The minimum absolute atomic E-state index is 0.0299. The lowest BCUT2D eigenvalue weighted by Crippen LogP contribution is -2.42. The number of hydrogen-bond donors (Lipinski definition) is 2. The molecular formula is C22H28N2O4. The van der Waals surface area contributed by atoms with Crippen molar-refractivity contribution in [2.45, 2.75) is 44.1 Å². The number of benzene rings is 1. The number of fused-ring (bicyclic) bond motifs is 3. The maximum atomic E-state index is 12.3. The van der Waals surface area contributed by atoms with Gasteiger partial charge in [0.05, 0.1) is 7.11 Å². The molecule has 0 heterocycles. The minimum atomic E-state index is -0.718. The predicted octanol–water partition coefficient (Wildman–Crippen LogP) is 3.28. The van der Waals surface area contributed by atoms with E-state index in [1.807, 2.05) is 12.1 Å². The first-order valence-corrected chi connectivity index (χ1v) is 9.86. The van der Waals surface area contributed by atoms with E-state index in [1.54, 1.807) is 0 Å². The number of carbonyl (C=O) groups is 2. The summed E-state index contributed by atoms with van der Waals surface area (Å²) in [6, 6.07) is 7.53. The summed E-state index contributed by atoms with van der Waals surface area (Å²) >= 11 is 0. The fourth-order valence-electron chi connectivity index (χ4n) is 3.91. The van der Waals surface area contributed by atoms with Crippen molar-refractivity contribution in [3.8, 4) is 0 Å². The Bertz CT molecular complexity index is 784. The van der Waals surface area contributed by atoms with Crippen LogP contribution in [0.1, 0.15) is 49.1 Å². The zero-order valence-corrected chi connectivity index (χ0v) is 16.3. The van der Waals surface area contributed by atoms with Crippen LogP contribution in [-0.4, -0.2) is 38.4 Å². The number of rotatable bonds is 8. The minimum Gasteiger partial charge on any atom is -0.467 e. The Morgan fingerprint density at radius 3 is 2.79 bits per heavy atom. The van der Waals surface area contributed by atoms with Crippen LogP contribution < -0.4 is 11.1 Å². The van der Waals surface area contributed by atoms with Crippen LogP contribution in [-0.2, 0) is 14.3 Å². The lowest BCUT2D eigenvalue weighted by atomic mass is 9.93. The van der Waals surface area contributed by atoms with Gasteiger partial charge in [-0.1, -0.05) is 36.4 Å². The molecule has 0 aliphatic heterocycles. The van der Waals surface area contributed by atoms with E-state index in [9.17, 15) is 9.59 Å². The first-order chi connectivity index (χ1) is 13.7. The number of methoxy groups -OCH3 is 1. The van der Waals surface area contributed by atoms with Gasteiger partial charge in [0.15, 0.2) is 0 Å². The molecule has 2 atom stereocenters. The molecule has 0 radical (unpaired) electrons. The molecule has 6 heteroatoms. The Kier molecular flexibility index (Phi) is 6.87. The zero-order valence-electron chi connectivity index (χ0n) is 16.3. The number of amides is 1. The van der Waals surface area contributed by atoms with Gasteiger partial charge < -0.3 is 20.5 Å². The first kappa shape index (κ1) is 20.1. The van der Waals surface area contributed by atoms with Gasteiger partial charge in [-0.2, -0.15) is 0 Å². The van der Waals surface area contributed by atoms with Crippen molar-refractivity contribution in [3.63, 3.8) is 0 Å². The first-order valence-electron chi connectivity index (χ1n) is 9.86. The van der Waals surface area contributed by atoms with Crippen molar-refractivity contribution < 1.29 is 19.1 Å². The fourth-order valence-corrected chi connectivity index (χ4v) is 3.91. The van der Waals surface area contributed by atoms with Gasteiger partial charge in [0.1, 0.15) is 12.6 Å². The molecule has 0 aromatic heterocycles. The largest absolute Gasteiger partial charge is 0.467 e. The summed E-state index contributed by atoms with van der Waals surface area (Å²) in [5.41, 5.74) is 10.4. The Hall–Kier alpha value is -2.60. The maximum absolute atomic E-state index is 12.3. The Balaban J connectivity index is 1.63. The highest BCUT2D eigenvalue weighted by atomic mass is 16.6. The van der Waals surface area contributed by atoms with E-state index in [0.29, 0.717) is 13.0 Å². The van der Waals surface area contributed by atoms with Gasteiger partial charge in [0, 0.05) is 5.92 Å². The summed E-state index contributed by atoms with van der Waals surface area (Å²) in [6.07, 6.45) is 7.92. The molecule has 3 rings (SSSR count). The summed E-state index contributed by atoms with van der Waals surface area (Å²) in [5, 5.41) is 2.64. The number of nitrogens with two attached hydrogens (primary N) is 1. The number of nitrogens with one attached hydrogen (secondary N) is 1. The number of alkyl carbamates (subject to hydrolysis) is 1. The van der Waals surface area contributed by atoms with Crippen LogP contribution in [0.25, 0.3) is 5.57 Å². The van der Waals surface area contributed by atoms with Crippen LogP contribution in [0.15, 0.2) is 42.0 Å². The Morgan fingerprint density at radius 1 is 1.21 bits per heavy atom. The number of unbranched alkanes of at least 4 members (excludes halogenated alkanes) is 1. The fraction of sp³-hybridized carbons (Fsp3) is 0.455. The van der Waals surface area contributed by atoms with Crippen LogP contribution in [0.3, 0.4) is 0 Å². The van der Waals surface area contributed by atoms with Crippen molar-refractivity contribution in [3.05, 3.63) is 53.1 Å². The molecule has 6 nitrogen and oxygen atoms in total. The number of carbonyl (C=O) groups excluding carboxylic acids is 2. The van der Waals surface area contributed by atoms with Gasteiger partial charge >= 0.3 is 12.1 Å². The van der Waals surface area contributed by atoms with Crippen molar-refractivity contribution in [1.29, 1.82) is 0 Å². The zero-order chi connectivity index (χ0) is 19.9. The van der Waals surface area contributed by atoms with Crippen LogP contribution >= 0.6 is 0 Å². The molecule has 0 bridgehead atoms. The summed E-state index contributed by atoms with van der Waals surface area (Å²) < 4.78 is 10.3. The standard InChI is InChI=1S/C22H28N2O4/c1-27-21(25)20(12-6-7-13-23)24-22(26)28-14-19-17-10-4-2-8-15(17)16-9-3-5-11-18(16)19/h2,4,8-11,19-20H,3,5-7,12-14,23H2,1H3,(H,24,26)/t19?,20-/m0/s1. The predicted molar refractivity (Wildman–Crippen MR) is 108 cm³/mol. The van der Waals surface area contributed by atoms with Crippen LogP contribution in [0.4, 0.5) is 4.79 Å². The highest BCUT2D eigenvalue weighted by molar-refractivity contribution is 5.88. The van der Waals surface area contributed by atoms with E-state index in [2.05, 4.69) is 29.6 Å². The quantitative estimate of drug-likeness (QED) is 0.530. The second kappa shape index (κ2) is 9.55. The van der Waals surface area contributed by atoms with Gasteiger partial charge in [-0.15, -0.1) is 0 Å². The molecule has 1 aromatic carbocycles. The van der Waals surface area contributed by atoms with Gasteiger partial charge in [0.2, 0.25) is 0 Å². The van der Waals surface area contributed by atoms with Crippen LogP contribution in [0.2, 0.25) is 0 Å². The molecule has 0 saturated carbocycles. The summed E-state index contributed by atoms with van der Waals surface area (Å²) in [5.74, 6) is -0.442. The topological polar surface area (TPSA) is 90.6 Å². The monoisotopic (exact) mass is 384 g/mol. The molecular weight excluding hydrogens is 356 g/mol. The molecule has 28 heavy (non-hydrogen) atoms. The van der Waals surface area contributed by atoms with E-state index in [1.165, 1.54) is 29.4 Å². The molecule has 150 valence electrons. The third kappa shape index (κ3) is 4.44. The van der Waals surface area contributed by atoms with E-state index in [-0.39, 0.29) is 12.5 Å². The number of hydrogen-bond acceptors (Lipinski definition) is 5. The highest BCUT2D eigenvalue weighted by Gasteiger charge is 2.33. The van der Waals surface area contributed by atoms with Crippen molar-refractivity contribution >= 4 is 17.6 Å². The average molecular weight is 384 g/mol. The molecule has 2 aliphatic rings. The molecule has 1 aromatic rings. The highest BCUT2D eigenvalue weighted by Crippen LogP contribution is 2.47. The van der Waals surface area contributed by atoms with Crippen LogP contribution in [0, 0.1) is 0 Å². The second-order valence-corrected chi connectivity index (χ2v) is 7.10. The lowest BCUT2D eigenvalue weighted by molar-refractivity contribution is -0.143. The molecule has 0 fully saturated rings. The van der Waals surface area contributed by atoms with Crippen LogP contribution in [0.5, 0.6) is 0 Å². The maximum Gasteiger partial charge on any atom is 0.407 e. The normalized spacial score (nSPS) is 18.3. The summed E-state index contributed by atoms with van der Waals surface area (Å²) in [4.78, 5) is 24.2. The van der Waals surface area contributed by atoms with Crippen molar-refractivity contribution in [1.82, 2.24) is 5.32 Å². The van der Waals surface area contributed by atoms with Gasteiger partial charge in [-0.25, -0.2) is 9.59 Å². The Labute approximate surface area is 165 Å². The average Bonchev–Trinajstić information content (AvgIpc) is 3.05. The molecule has 0 saturated heterocycles. The third-order valence-electron chi connectivity index (χ3n) is 5.30. The summed E-state index contributed by atoms with van der Waals surface area (Å²) in [6.45, 7) is 0.785. The molecule has 1 unspecified atom stereocenters. The van der Waals surface area contributed by atoms with Gasteiger partial charge in [0.25, 0.3) is 0 Å². The third-order valence-corrected chi connectivity index (χ3v) is 5.30.